The monoisotopic (exact) mass is 277 g/mol. The molecule has 2 heteroatoms. The fourth-order valence-corrected chi connectivity index (χ4v) is 5.59. The van der Waals surface area contributed by atoms with E-state index in [0.29, 0.717) is 5.41 Å². The molecule has 106 valence electrons. The van der Waals surface area contributed by atoms with Crippen LogP contribution in [-0.4, -0.2) is 13.1 Å². The third-order valence-electron chi connectivity index (χ3n) is 5.42. The Kier molecular flexibility index (Phi) is 4.00. The SMILES string of the molecule is CCNCC1(Cc2ccc(CC)s2)CC2CCC1C2. The third-order valence-corrected chi connectivity index (χ3v) is 6.65. The molecule has 0 spiro atoms. The highest BCUT2D eigenvalue weighted by atomic mass is 32.1. The minimum absolute atomic E-state index is 0.578. The highest BCUT2D eigenvalue weighted by Gasteiger charge is 2.50. The zero-order chi connectivity index (χ0) is 13.3. The summed E-state index contributed by atoms with van der Waals surface area (Å²) < 4.78 is 0. The lowest BCUT2D eigenvalue weighted by Crippen LogP contribution is -2.40. The first-order chi connectivity index (χ1) is 9.25. The molecule has 1 heterocycles. The normalized spacial score (nSPS) is 33.2. The molecule has 3 unspecified atom stereocenters. The Morgan fingerprint density at radius 2 is 2.11 bits per heavy atom. The highest BCUT2D eigenvalue weighted by molar-refractivity contribution is 7.11. The Bertz CT molecular complexity index is 425. The van der Waals surface area contributed by atoms with Gasteiger partial charge in [-0.05, 0) is 68.0 Å². The molecule has 0 amide bonds. The number of thiophene rings is 1. The zero-order valence-corrected chi connectivity index (χ0v) is 13.2. The Morgan fingerprint density at radius 3 is 2.68 bits per heavy atom. The van der Waals surface area contributed by atoms with Gasteiger partial charge in [-0.15, -0.1) is 11.3 Å². The Hall–Kier alpha value is -0.340. The van der Waals surface area contributed by atoms with E-state index in [0.717, 1.165) is 18.4 Å². The van der Waals surface area contributed by atoms with Crippen molar-refractivity contribution in [2.24, 2.45) is 17.3 Å². The molecule has 2 saturated carbocycles. The van der Waals surface area contributed by atoms with Crippen LogP contribution < -0.4 is 5.32 Å². The fourth-order valence-electron chi connectivity index (χ4n) is 4.48. The van der Waals surface area contributed by atoms with E-state index in [2.05, 4.69) is 42.6 Å². The molecule has 0 aromatic carbocycles. The lowest BCUT2D eigenvalue weighted by Gasteiger charge is -2.38. The van der Waals surface area contributed by atoms with E-state index in [1.165, 1.54) is 45.1 Å². The molecule has 2 fully saturated rings. The van der Waals surface area contributed by atoms with Gasteiger partial charge in [-0.3, -0.25) is 0 Å². The van der Waals surface area contributed by atoms with Gasteiger partial charge in [0.25, 0.3) is 0 Å². The molecule has 1 nitrogen and oxygen atoms in total. The largest absolute Gasteiger partial charge is 0.316 e. The second-order valence-electron chi connectivity index (χ2n) is 6.62. The quantitative estimate of drug-likeness (QED) is 0.819. The molecular formula is C17H27NS. The van der Waals surface area contributed by atoms with Gasteiger partial charge in [0.2, 0.25) is 0 Å². The maximum atomic E-state index is 3.66. The van der Waals surface area contributed by atoms with Crippen molar-refractivity contribution in [3.8, 4) is 0 Å². The van der Waals surface area contributed by atoms with Crippen LogP contribution in [0.15, 0.2) is 12.1 Å². The van der Waals surface area contributed by atoms with Crippen molar-refractivity contribution >= 4 is 11.3 Å². The summed E-state index contributed by atoms with van der Waals surface area (Å²) in [5.74, 6) is 2.03. The van der Waals surface area contributed by atoms with Crippen molar-refractivity contribution in [2.75, 3.05) is 13.1 Å². The van der Waals surface area contributed by atoms with Crippen LogP contribution in [0.4, 0.5) is 0 Å². The molecule has 0 saturated heterocycles. The molecule has 3 rings (SSSR count). The van der Waals surface area contributed by atoms with Gasteiger partial charge < -0.3 is 5.32 Å². The van der Waals surface area contributed by atoms with Crippen molar-refractivity contribution in [1.82, 2.24) is 5.32 Å². The van der Waals surface area contributed by atoms with Crippen LogP contribution in [0.2, 0.25) is 0 Å². The second-order valence-corrected chi connectivity index (χ2v) is 7.87. The number of hydrogen-bond donors (Lipinski definition) is 1. The van der Waals surface area contributed by atoms with Gasteiger partial charge >= 0.3 is 0 Å². The van der Waals surface area contributed by atoms with Crippen molar-refractivity contribution in [3.05, 3.63) is 21.9 Å². The molecule has 2 aliphatic carbocycles. The number of fused-ring (bicyclic) bond motifs is 2. The first kappa shape index (κ1) is 13.6. The van der Waals surface area contributed by atoms with E-state index in [9.17, 15) is 0 Å². The van der Waals surface area contributed by atoms with Crippen molar-refractivity contribution in [3.63, 3.8) is 0 Å². The molecule has 1 N–H and O–H groups in total. The molecule has 1 aromatic rings. The summed E-state index contributed by atoms with van der Waals surface area (Å²) in [7, 11) is 0. The number of rotatable bonds is 6. The fraction of sp³-hybridized carbons (Fsp3) is 0.765. The van der Waals surface area contributed by atoms with Crippen LogP contribution in [-0.2, 0) is 12.8 Å². The molecule has 2 aliphatic rings. The summed E-state index contributed by atoms with van der Waals surface area (Å²) >= 11 is 2.05. The van der Waals surface area contributed by atoms with E-state index in [4.69, 9.17) is 0 Å². The molecule has 0 aliphatic heterocycles. The van der Waals surface area contributed by atoms with E-state index in [1.807, 2.05) is 0 Å². The Morgan fingerprint density at radius 1 is 1.26 bits per heavy atom. The first-order valence-corrected chi connectivity index (χ1v) is 8.85. The maximum absolute atomic E-state index is 3.66. The minimum Gasteiger partial charge on any atom is -0.316 e. The first-order valence-electron chi connectivity index (χ1n) is 8.04. The third kappa shape index (κ3) is 2.62. The standard InChI is InChI=1S/C17H27NS/c1-3-15-7-8-16(19-15)11-17(12-18-4-2)10-13-5-6-14(17)9-13/h7-8,13-14,18H,3-6,9-12H2,1-2H3. The summed E-state index contributed by atoms with van der Waals surface area (Å²) in [6, 6.07) is 4.73. The number of hydrogen-bond acceptors (Lipinski definition) is 2. The molecular weight excluding hydrogens is 250 g/mol. The highest BCUT2D eigenvalue weighted by Crippen LogP contribution is 2.57. The van der Waals surface area contributed by atoms with Crippen LogP contribution >= 0.6 is 11.3 Å². The van der Waals surface area contributed by atoms with E-state index < -0.39 is 0 Å². The van der Waals surface area contributed by atoms with Gasteiger partial charge in [0.05, 0.1) is 0 Å². The predicted molar refractivity (Wildman–Crippen MR) is 83.8 cm³/mol. The Labute approximate surface area is 121 Å². The van der Waals surface area contributed by atoms with Crippen LogP contribution in [0.5, 0.6) is 0 Å². The summed E-state index contributed by atoms with van der Waals surface area (Å²) in [6.45, 7) is 6.86. The molecule has 3 atom stereocenters. The average molecular weight is 277 g/mol. The van der Waals surface area contributed by atoms with Crippen molar-refractivity contribution < 1.29 is 0 Å². The van der Waals surface area contributed by atoms with E-state index >= 15 is 0 Å². The molecule has 19 heavy (non-hydrogen) atoms. The van der Waals surface area contributed by atoms with Gasteiger partial charge in [0.15, 0.2) is 0 Å². The van der Waals surface area contributed by atoms with Gasteiger partial charge in [-0.2, -0.15) is 0 Å². The van der Waals surface area contributed by atoms with Crippen molar-refractivity contribution in [1.29, 1.82) is 0 Å². The lowest BCUT2D eigenvalue weighted by atomic mass is 9.70. The van der Waals surface area contributed by atoms with Crippen LogP contribution in [0, 0.1) is 17.3 Å². The topological polar surface area (TPSA) is 12.0 Å². The lowest BCUT2D eigenvalue weighted by molar-refractivity contribution is 0.158. The second kappa shape index (κ2) is 5.57. The summed E-state index contributed by atoms with van der Waals surface area (Å²) in [5, 5.41) is 3.66. The van der Waals surface area contributed by atoms with Gasteiger partial charge in [-0.25, -0.2) is 0 Å². The number of nitrogens with one attached hydrogen (secondary N) is 1. The van der Waals surface area contributed by atoms with Crippen LogP contribution in [0.25, 0.3) is 0 Å². The van der Waals surface area contributed by atoms with E-state index in [-0.39, 0.29) is 0 Å². The van der Waals surface area contributed by atoms with E-state index in [1.54, 1.807) is 9.75 Å². The molecule has 2 bridgehead atoms. The summed E-state index contributed by atoms with van der Waals surface area (Å²) in [6.07, 6.45) is 8.50. The molecule has 1 aromatic heterocycles. The van der Waals surface area contributed by atoms with Gasteiger partial charge in [-0.1, -0.05) is 20.3 Å². The van der Waals surface area contributed by atoms with Gasteiger partial charge in [0.1, 0.15) is 0 Å². The number of aryl methyl sites for hydroxylation is 1. The molecule has 0 radical (unpaired) electrons. The zero-order valence-electron chi connectivity index (χ0n) is 12.4. The summed E-state index contributed by atoms with van der Waals surface area (Å²) in [5.41, 5.74) is 0.578. The Balaban J connectivity index is 1.76. The minimum atomic E-state index is 0.578. The predicted octanol–water partition coefficient (Wildman–Crippen LogP) is 4.27. The summed E-state index contributed by atoms with van der Waals surface area (Å²) in [4.78, 5) is 3.18. The maximum Gasteiger partial charge on any atom is 0.00542 e. The van der Waals surface area contributed by atoms with Crippen LogP contribution in [0.3, 0.4) is 0 Å². The van der Waals surface area contributed by atoms with Gasteiger partial charge in [0, 0.05) is 16.3 Å². The van der Waals surface area contributed by atoms with Crippen molar-refractivity contribution in [2.45, 2.75) is 52.4 Å². The van der Waals surface area contributed by atoms with Crippen LogP contribution in [0.1, 0.15) is 49.3 Å². The average Bonchev–Trinajstić information content (AvgIpc) is 3.12. The smallest absolute Gasteiger partial charge is 0.00542 e.